The van der Waals surface area contributed by atoms with Crippen LogP contribution in [0.5, 0.6) is 17.2 Å². The largest absolute Gasteiger partial charge is 0.543 e. The number of nitrogens with zero attached hydrogens (tertiary/aromatic N) is 1. The van der Waals surface area contributed by atoms with Crippen molar-refractivity contribution >= 4 is 8.32 Å². The number of likely N-dealkylation sites (tertiary alicyclic amines) is 1. The first-order chi connectivity index (χ1) is 22.0. The highest BCUT2D eigenvalue weighted by atomic mass is 28.4. The van der Waals surface area contributed by atoms with E-state index in [1.165, 1.54) is 73.0 Å². The van der Waals surface area contributed by atoms with Crippen LogP contribution in [-0.4, -0.2) is 46.6 Å². The quantitative estimate of drug-likeness (QED) is 0.158. The van der Waals surface area contributed by atoms with Gasteiger partial charge in [0.15, 0.2) is 0 Å². The van der Waals surface area contributed by atoms with Gasteiger partial charge in [0.2, 0.25) is 8.32 Å². The Morgan fingerprint density at radius 3 is 2.30 bits per heavy atom. The highest BCUT2D eigenvalue weighted by Gasteiger charge is 2.39. The molecule has 1 fully saturated rings. The summed E-state index contributed by atoms with van der Waals surface area (Å²) in [6.45, 7) is 18.9. The highest BCUT2D eigenvalue weighted by Crippen LogP contribution is 2.40. The molecule has 1 N–H and O–H groups in total. The van der Waals surface area contributed by atoms with E-state index < -0.39 is 8.32 Å². The topological polar surface area (TPSA) is 43.0 Å². The minimum absolute atomic E-state index is 0.185. The Morgan fingerprint density at radius 1 is 0.870 bits per heavy atom. The second kappa shape index (κ2) is 15.4. The molecule has 2 atom stereocenters. The number of piperidine rings is 1. The molecule has 250 valence electrons. The summed E-state index contributed by atoms with van der Waals surface area (Å²) < 4.78 is 18.4. The molecule has 0 saturated carbocycles. The van der Waals surface area contributed by atoms with E-state index in [2.05, 4.69) is 112 Å². The summed E-state index contributed by atoms with van der Waals surface area (Å²) in [6, 6.07) is 22.4. The van der Waals surface area contributed by atoms with Crippen LogP contribution in [0.4, 0.5) is 0 Å². The molecule has 3 aromatic carbocycles. The average Bonchev–Trinajstić information content (AvgIpc) is 3.26. The maximum atomic E-state index is 6.68. The smallest absolute Gasteiger partial charge is 0.250 e. The van der Waals surface area contributed by atoms with Gasteiger partial charge in [0.25, 0.3) is 0 Å². The number of methoxy groups -OCH3 is 1. The van der Waals surface area contributed by atoms with Gasteiger partial charge in [0.05, 0.1) is 7.11 Å². The zero-order valence-corrected chi connectivity index (χ0v) is 30.6. The monoisotopic (exact) mass is 642 g/mol. The Bertz CT molecular complexity index is 1410. The number of rotatable bonds is 12. The van der Waals surface area contributed by atoms with Gasteiger partial charge in [-0.1, -0.05) is 51.5 Å². The third-order valence-electron chi connectivity index (χ3n) is 10.7. The molecule has 2 unspecified atom stereocenters. The van der Waals surface area contributed by atoms with Crippen LogP contribution in [-0.2, 0) is 19.4 Å². The normalized spacial score (nSPS) is 18.4. The van der Waals surface area contributed by atoms with Crippen molar-refractivity contribution in [2.24, 2.45) is 0 Å². The minimum atomic E-state index is -1.87. The molecule has 5 nitrogen and oxygen atoms in total. The number of benzene rings is 3. The summed E-state index contributed by atoms with van der Waals surface area (Å²) in [7, 11) is -0.110. The van der Waals surface area contributed by atoms with Gasteiger partial charge in [-0.25, -0.2) is 0 Å². The van der Waals surface area contributed by atoms with E-state index in [9.17, 15) is 0 Å². The molecular weight excluding hydrogens is 585 g/mol. The van der Waals surface area contributed by atoms with Crippen molar-refractivity contribution in [3.63, 3.8) is 0 Å². The molecule has 0 aromatic heterocycles. The van der Waals surface area contributed by atoms with Crippen LogP contribution >= 0.6 is 0 Å². The van der Waals surface area contributed by atoms with Crippen LogP contribution in [0.3, 0.4) is 0 Å². The van der Waals surface area contributed by atoms with Crippen LogP contribution < -0.4 is 19.2 Å². The molecular formula is C40H58N2O3Si. The Kier molecular flexibility index (Phi) is 11.6. The zero-order valence-electron chi connectivity index (χ0n) is 29.6. The lowest BCUT2D eigenvalue weighted by Gasteiger charge is -2.36. The van der Waals surface area contributed by atoms with Gasteiger partial charge in [0.1, 0.15) is 23.9 Å². The summed E-state index contributed by atoms with van der Waals surface area (Å²) in [5, 5.41) is 4.00. The molecule has 0 spiro atoms. The molecule has 0 radical (unpaired) electrons. The minimum Gasteiger partial charge on any atom is -0.543 e. The maximum Gasteiger partial charge on any atom is 0.250 e. The van der Waals surface area contributed by atoms with Gasteiger partial charge in [0, 0.05) is 19.1 Å². The third kappa shape index (κ3) is 8.96. The second-order valence-electron chi connectivity index (χ2n) is 15.1. The van der Waals surface area contributed by atoms with Crippen molar-refractivity contribution < 1.29 is 13.9 Å². The van der Waals surface area contributed by atoms with Crippen LogP contribution in [0.1, 0.15) is 99.6 Å². The maximum absolute atomic E-state index is 6.68. The van der Waals surface area contributed by atoms with Gasteiger partial charge < -0.3 is 19.2 Å². The average molecular weight is 643 g/mol. The summed E-state index contributed by atoms with van der Waals surface area (Å²) >= 11 is 0. The van der Waals surface area contributed by atoms with E-state index in [0.29, 0.717) is 5.92 Å². The third-order valence-corrected chi connectivity index (χ3v) is 15.0. The Balaban J connectivity index is 1.23. The molecule has 1 heterocycles. The first-order valence-electron chi connectivity index (χ1n) is 17.7. The summed E-state index contributed by atoms with van der Waals surface area (Å²) in [4.78, 5) is 2.52. The van der Waals surface area contributed by atoms with Crippen molar-refractivity contribution in [3.8, 4) is 17.2 Å². The lowest BCUT2D eigenvalue weighted by molar-refractivity contribution is 0.183. The summed E-state index contributed by atoms with van der Waals surface area (Å²) in [5.74, 6) is 3.39. The Hall–Kier alpha value is -2.80. The van der Waals surface area contributed by atoms with E-state index in [4.69, 9.17) is 13.9 Å². The molecule has 1 aliphatic heterocycles. The van der Waals surface area contributed by atoms with Crippen LogP contribution in [0, 0.1) is 0 Å². The fourth-order valence-corrected chi connectivity index (χ4v) is 7.73. The van der Waals surface area contributed by atoms with Crippen molar-refractivity contribution in [1.29, 1.82) is 0 Å². The van der Waals surface area contributed by atoms with Crippen LogP contribution in [0.25, 0.3) is 0 Å². The Labute approximate surface area is 280 Å². The van der Waals surface area contributed by atoms with Gasteiger partial charge in [-0.15, -0.1) is 0 Å². The number of hydrogen-bond donors (Lipinski definition) is 1. The van der Waals surface area contributed by atoms with Crippen molar-refractivity contribution in [2.45, 2.75) is 109 Å². The van der Waals surface area contributed by atoms with Gasteiger partial charge in [-0.2, -0.15) is 0 Å². The van der Waals surface area contributed by atoms with E-state index in [1.54, 1.807) is 7.11 Å². The predicted molar refractivity (Wildman–Crippen MR) is 194 cm³/mol. The van der Waals surface area contributed by atoms with E-state index >= 15 is 0 Å². The van der Waals surface area contributed by atoms with Gasteiger partial charge in [-0.3, -0.25) is 4.90 Å². The molecule has 1 saturated heterocycles. The standard InChI is InChI=1S/C40H58N2O3Si/c1-30(41-29-31-14-17-35(18-15-31)44-25-24-42-22-9-8-10-23-42)39-28-36(43-5)20-21-38(39)34-13-11-12-32-27-37(19-16-33(32)26-34)45-46(6,7)40(2,3)4/h14-21,27-28,30,34,41H,8-13,22-26,29H2,1-7H3. The second-order valence-corrected chi connectivity index (χ2v) is 19.8. The molecule has 2 aliphatic rings. The fourth-order valence-electron chi connectivity index (χ4n) is 6.70. The summed E-state index contributed by atoms with van der Waals surface area (Å²) in [6.07, 6.45) is 8.54. The fraction of sp³-hybridized carbons (Fsp3) is 0.550. The number of nitrogens with one attached hydrogen (secondary N) is 1. The van der Waals surface area contributed by atoms with Crippen LogP contribution in [0.15, 0.2) is 60.7 Å². The van der Waals surface area contributed by atoms with Crippen molar-refractivity contribution in [2.75, 3.05) is 33.4 Å². The van der Waals surface area contributed by atoms with Crippen LogP contribution in [0.2, 0.25) is 18.1 Å². The Morgan fingerprint density at radius 2 is 1.59 bits per heavy atom. The SMILES string of the molecule is COc1ccc(C2CCCc3cc(O[Si](C)(C)C(C)(C)C)ccc3C2)c(C(C)NCc2ccc(OCCN3CCCCC3)cc2)c1. The molecule has 46 heavy (non-hydrogen) atoms. The number of aryl methyl sites for hydroxylation is 1. The van der Waals surface area contributed by atoms with Gasteiger partial charge in [-0.05, 0) is 147 Å². The molecule has 0 amide bonds. The number of ether oxygens (including phenoxy) is 2. The first kappa shape index (κ1) is 34.5. The van der Waals surface area contributed by atoms with E-state index in [0.717, 1.165) is 49.8 Å². The molecule has 3 aromatic rings. The highest BCUT2D eigenvalue weighted by molar-refractivity contribution is 6.74. The number of hydrogen-bond acceptors (Lipinski definition) is 5. The van der Waals surface area contributed by atoms with E-state index in [-0.39, 0.29) is 11.1 Å². The lowest BCUT2D eigenvalue weighted by Crippen LogP contribution is -2.43. The number of fused-ring (bicyclic) bond motifs is 1. The summed E-state index contributed by atoms with van der Waals surface area (Å²) in [5.41, 5.74) is 6.96. The molecule has 5 rings (SSSR count). The lowest BCUT2D eigenvalue weighted by atomic mass is 9.85. The molecule has 1 aliphatic carbocycles. The zero-order chi connectivity index (χ0) is 32.7. The van der Waals surface area contributed by atoms with Crippen molar-refractivity contribution in [1.82, 2.24) is 10.2 Å². The van der Waals surface area contributed by atoms with Gasteiger partial charge >= 0.3 is 0 Å². The first-order valence-corrected chi connectivity index (χ1v) is 20.6. The van der Waals surface area contributed by atoms with E-state index in [1.807, 2.05) is 0 Å². The molecule has 6 heteroatoms. The predicted octanol–water partition coefficient (Wildman–Crippen LogP) is 9.46. The van der Waals surface area contributed by atoms with Crippen molar-refractivity contribution in [3.05, 3.63) is 88.5 Å². The molecule has 0 bridgehead atoms.